The average molecular weight is 294 g/mol. The number of hydrogen-bond acceptors (Lipinski definition) is 6. The predicted octanol–water partition coefficient (Wildman–Crippen LogP) is 1.63. The van der Waals surface area contributed by atoms with E-state index >= 15 is 0 Å². The third-order valence-corrected chi connectivity index (χ3v) is 4.00. The van der Waals surface area contributed by atoms with Gasteiger partial charge in [-0.1, -0.05) is 6.92 Å². The van der Waals surface area contributed by atoms with Gasteiger partial charge in [0.1, 0.15) is 29.7 Å². The Morgan fingerprint density at radius 2 is 1.81 bits per heavy atom. The molecule has 0 amide bonds. The highest BCUT2D eigenvalue weighted by Gasteiger charge is 2.34. The lowest BCUT2D eigenvalue weighted by Crippen LogP contribution is -2.27. The number of aryl methyl sites for hydroxylation is 1. The summed E-state index contributed by atoms with van der Waals surface area (Å²) in [4.78, 5) is 11.6. The molecule has 6 heteroatoms. The van der Waals surface area contributed by atoms with Crippen LogP contribution in [0.2, 0.25) is 0 Å². The van der Waals surface area contributed by atoms with Crippen LogP contribution in [0.1, 0.15) is 24.7 Å². The molecule has 1 saturated heterocycles. The Labute approximate surface area is 126 Å². The number of ether oxygens (including phenoxy) is 2. The summed E-state index contributed by atoms with van der Waals surface area (Å²) in [5.41, 5.74) is 1.07. The summed E-state index contributed by atoms with van der Waals surface area (Å²) in [6, 6.07) is 0. The topological polar surface area (TPSA) is 59.5 Å². The van der Waals surface area contributed by atoms with Crippen molar-refractivity contribution in [2.24, 2.45) is 0 Å². The van der Waals surface area contributed by atoms with Gasteiger partial charge in [-0.15, -0.1) is 0 Å². The van der Waals surface area contributed by atoms with Gasteiger partial charge >= 0.3 is 0 Å². The first-order chi connectivity index (χ1) is 10.1. The molecule has 0 saturated carbocycles. The first-order valence-electron chi connectivity index (χ1n) is 7.50. The van der Waals surface area contributed by atoms with Crippen molar-refractivity contribution in [3.05, 3.63) is 11.4 Å². The van der Waals surface area contributed by atoms with E-state index in [0.717, 1.165) is 49.0 Å². The van der Waals surface area contributed by atoms with Gasteiger partial charge in [-0.25, -0.2) is 9.97 Å². The molecule has 2 unspecified atom stereocenters. The molecular formula is C15H26N4O2. The molecule has 1 N–H and O–H groups in total. The molecule has 2 atom stereocenters. The molecular weight excluding hydrogens is 268 g/mol. The van der Waals surface area contributed by atoms with Crippen molar-refractivity contribution < 1.29 is 9.47 Å². The molecule has 1 fully saturated rings. The third-order valence-electron chi connectivity index (χ3n) is 4.00. The Morgan fingerprint density at radius 3 is 2.29 bits per heavy atom. The highest BCUT2D eigenvalue weighted by molar-refractivity contribution is 5.59. The Morgan fingerprint density at radius 1 is 1.19 bits per heavy atom. The molecule has 1 aromatic rings. The fourth-order valence-corrected chi connectivity index (χ4v) is 2.81. The molecule has 1 aromatic heterocycles. The zero-order valence-electron chi connectivity index (χ0n) is 13.6. The minimum Gasteiger partial charge on any atom is -0.377 e. The molecule has 0 aliphatic carbocycles. The van der Waals surface area contributed by atoms with E-state index in [2.05, 4.69) is 29.0 Å². The number of hydrogen-bond donors (Lipinski definition) is 1. The van der Waals surface area contributed by atoms with Gasteiger partial charge in [0.25, 0.3) is 0 Å². The van der Waals surface area contributed by atoms with Gasteiger partial charge in [0.15, 0.2) is 0 Å². The highest BCUT2D eigenvalue weighted by atomic mass is 16.5. The largest absolute Gasteiger partial charge is 0.377 e. The van der Waals surface area contributed by atoms with E-state index in [1.54, 1.807) is 14.2 Å². The van der Waals surface area contributed by atoms with Gasteiger partial charge < -0.3 is 19.7 Å². The Hall–Kier alpha value is -1.40. The molecule has 118 valence electrons. The van der Waals surface area contributed by atoms with Crippen molar-refractivity contribution in [1.82, 2.24) is 9.97 Å². The van der Waals surface area contributed by atoms with Gasteiger partial charge in [0.2, 0.25) is 0 Å². The number of rotatable bonds is 6. The van der Waals surface area contributed by atoms with Crippen molar-refractivity contribution in [2.45, 2.75) is 38.9 Å². The lowest BCUT2D eigenvalue weighted by atomic mass is 10.2. The van der Waals surface area contributed by atoms with Crippen LogP contribution < -0.4 is 10.2 Å². The second kappa shape index (κ2) is 7.04. The van der Waals surface area contributed by atoms with Gasteiger partial charge in [0, 0.05) is 46.3 Å². The Kier molecular flexibility index (Phi) is 5.36. The summed E-state index contributed by atoms with van der Waals surface area (Å²) < 4.78 is 11.0. The van der Waals surface area contributed by atoms with Crippen LogP contribution in [-0.4, -0.2) is 56.5 Å². The van der Waals surface area contributed by atoms with Crippen LogP contribution in [-0.2, 0) is 15.9 Å². The van der Waals surface area contributed by atoms with E-state index in [1.807, 2.05) is 7.05 Å². The second-order valence-electron chi connectivity index (χ2n) is 5.39. The van der Waals surface area contributed by atoms with Crippen LogP contribution in [0.25, 0.3) is 0 Å². The zero-order chi connectivity index (χ0) is 15.4. The molecule has 6 nitrogen and oxygen atoms in total. The fraction of sp³-hybridized carbons (Fsp3) is 0.733. The maximum absolute atomic E-state index is 5.51. The lowest BCUT2D eigenvalue weighted by Gasteiger charge is -2.21. The van der Waals surface area contributed by atoms with Crippen LogP contribution in [0.3, 0.4) is 0 Å². The zero-order valence-corrected chi connectivity index (χ0v) is 13.6. The molecule has 1 aliphatic heterocycles. The monoisotopic (exact) mass is 294 g/mol. The summed E-state index contributed by atoms with van der Waals surface area (Å²) in [6.45, 7) is 5.78. The first kappa shape index (κ1) is 16.0. The van der Waals surface area contributed by atoms with E-state index in [9.17, 15) is 0 Å². The molecule has 0 aromatic carbocycles. The lowest BCUT2D eigenvalue weighted by molar-refractivity contribution is -0.00461. The molecule has 21 heavy (non-hydrogen) atoms. The second-order valence-corrected chi connectivity index (χ2v) is 5.39. The number of nitrogens with zero attached hydrogens (tertiary/aromatic N) is 3. The quantitative estimate of drug-likeness (QED) is 0.860. The maximum atomic E-state index is 5.51. The minimum absolute atomic E-state index is 0.0806. The van der Waals surface area contributed by atoms with Crippen LogP contribution >= 0.6 is 0 Å². The van der Waals surface area contributed by atoms with Crippen LogP contribution in [0.5, 0.6) is 0 Å². The summed E-state index contributed by atoms with van der Waals surface area (Å²) in [7, 11) is 5.36. The molecule has 0 radical (unpaired) electrons. The number of aromatic nitrogens is 2. The summed E-state index contributed by atoms with van der Waals surface area (Å²) >= 11 is 0. The third kappa shape index (κ3) is 3.27. The number of methoxy groups -OCH3 is 2. The molecule has 0 bridgehead atoms. The van der Waals surface area contributed by atoms with E-state index < -0.39 is 0 Å². The van der Waals surface area contributed by atoms with Crippen LogP contribution in [0, 0.1) is 6.92 Å². The first-order valence-corrected chi connectivity index (χ1v) is 7.50. The predicted molar refractivity (Wildman–Crippen MR) is 84.1 cm³/mol. The number of nitrogens with one attached hydrogen (secondary N) is 1. The summed E-state index contributed by atoms with van der Waals surface area (Å²) in [6.07, 6.45) is 2.08. The Bertz CT molecular complexity index is 469. The van der Waals surface area contributed by atoms with Crippen molar-refractivity contribution in [3.63, 3.8) is 0 Å². The number of anilines is 2. The SMILES string of the molecule is CCCc1nc(NC)c(C)c(N2CC(OC)C(OC)C2)n1. The van der Waals surface area contributed by atoms with Gasteiger partial charge in [-0.05, 0) is 13.3 Å². The minimum atomic E-state index is 0.0806. The molecule has 1 aliphatic rings. The van der Waals surface area contributed by atoms with E-state index in [1.165, 1.54) is 0 Å². The van der Waals surface area contributed by atoms with Gasteiger partial charge in [0.05, 0.1) is 0 Å². The average Bonchev–Trinajstić information content (AvgIpc) is 2.92. The molecule has 0 spiro atoms. The van der Waals surface area contributed by atoms with Gasteiger partial charge in [-0.3, -0.25) is 0 Å². The fourth-order valence-electron chi connectivity index (χ4n) is 2.81. The van der Waals surface area contributed by atoms with Crippen LogP contribution in [0.15, 0.2) is 0 Å². The van der Waals surface area contributed by atoms with Crippen molar-refractivity contribution in [1.29, 1.82) is 0 Å². The maximum Gasteiger partial charge on any atom is 0.137 e. The summed E-state index contributed by atoms with van der Waals surface area (Å²) in [5, 5.41) is 3.17. The van der Waals surface area contributed by atoms with E-state index in [4.69, 9.17) is 14.5 Å². The highest BCUT2D eigenvalue weighted by Crippen LogP contribution is 2.28. The van der Waals surface area contributed by atoms with Crippen LogP contribution in [0.4, 0.5) is 11.6 Å². The van der Waals surface area contributed by atoms with E-state index in [-0.39, 0.29) is 12.2 Å². The Balaban J connectivity index is 2.32. The summed E-state index contributed by atoms with van der Waals surface area (Å²) in [5.74, 6) is 2.77. The smallest absolute Gasteiger partial charge is 0.137 e. The van der Waals surface area contributed by atoms with Gasteiger partial charge in [-0.2, -0.15) is 0 Å². The van der Waals surface area contributed by atoms with Crippen molar-refractivity contribution in [2.75, 3.05) is 44.6 Å². The van der Waals surface area contributed by atoms with E-state index in [0.29, 0.717) is 0 Å². The normalized spacial score (nSPS) is 21.9. The standard InChI is InChI=1S/C15H26N4O2/c1-6-7-13-17-14(16-3)10(2)15(18-13)19-8-11(20-4)12(9-19)21-5/h11-12H,6-9H2,1-5H3,(H,16,17,18). The van der Waals surface area contributed by atoms with Crippen molar-refractivity contribution >= 4 is 11.6 Å². The molecule has 2 rings (SSSR count). The van der Waals surface area contributed by atoms with Crippen molar-refractivity contribution in [3.8, 4) is 0 Å². The molecule has 2 heterocycles.